The smallest absolute Gasteiger partial charge is 0.316 e. The second-order valence-corrected chi connectivity index (χ2v) is 6.34. The summed E-state index contributed by atoms with van der Waals surface area (Å²) in [4.78, 5) is 11.8. The van der Waals surface area contributed by atoms with Crippen molar-refractivity contribution in [3.05, 3.63) is 48.6 Å². The van der Waals surface area contributed by atoms with Gasteiger partial charge in [0.25, 0.3) is 0 Å². The number of nitrogens with one attached hydrogen (secondary N) is 1. The molecule has 0 heterocycles. The predicted octanol–water partition coefficient (Wildman–Crippen LogP) is 4.75. The maximum Gasteiger partial charge on any atom is 0.316 e. The van der Waals surface area contributed by atoms with Crippen LogP contribution in [-0.4, -0.2) is 32.1 Å². The van der Waals surface area contributed by atoms with Crippen molar-refractivity contribution in [2.75, 3.05) is 21.1 Å². The molecule has 1 aromatic carbocycles. The molecule has 0 aromatic heterocycles. The summed E-state index contributed by atoms with van der Waals surface area (Å²) in [5.41, 5.74) is 1.87. The number of rotatable bonds is 2. The summed E-state index contributed by atoms with van der Waals surface area (Å²) in [7, 11) is 4.99. The van der Waals surface area contributed by atoms with Gasteiger partial charge in [0.05, 0.1) is 0 Å². The lowest BCUT2D eigenvalue weighted by Crippen LogP contribution is -2.31. The van der Waals surface area contributed by atoms with E-state index in [2.05, 4.69) is 51.7 Å². The van der Waals surface area contributed by atoms with Crippen molar-refractivity contribution >= 4 is 6.03 Å². The summed E-state index contributed by atoms with van der Waals surface area (Å²) in [6, 6.07) is 10.2. The van der Waals surface area contributed by atoms with E-state index in [9.17, 15) is 4.79 Å². The van der Waals surface area contributed by atoms with Gasteiger partial charge in [0.15, 0.2) is 0 Å². The van der Waals surface area contributed by atoms with E-state index in [0.29, 0.717) is 5.41 Å². The van der Waals surface area contributed by atoms with Crippen LogP contribution in [0.4, 0.5) is 4.79 Å². The third kappa shape index (κ3) is 16.3. The molecule has 0 spiro atoms. The van der Waals surface area contributed by atoms with Crippen molar-refractivity contribution in [1.82, 2.24) is 10.2 Å². The Kier molecular flexibility index (Phi) is 13.2. The molecule has 0 unspecified atom stereocenters. The molecule has 0 bridgehead atoms. The summed E-state index contributed by atoms with van der Waals surface area (Å²) >= 11 is 0. The fraction of sp³-hybridized carbons (Fsp3) is 0.526. The van der Waals surface area contributed by atoms with Crippen LogP contribution < -0.4 is 5.32 Å². The zero-order valence-electron chi connectivity index (χ0n) is 15.4. The third-order valence-electron chi connectivity index (χ3n) is 2.90. The molecule has 1 rings (SSSR count). The number of allylic oxidation sites excluding steroid dienone is 1. The second kappa shape index (κ2) is 12.9. The summed E-state index contributed by atoms with van der Waals surface area (Å²) in [6.45, 7) is 12.6. The average Bonchev–Trinajstić information content (AvgIpc) is 2.48. The lowest BCUT2D eigenvalue weighted by molar-refractivity contribution is 0.219. The molecular formula is C19H34N2O. The van der Waals surface area contributed by atoms with Crippen molar-refractivity contribution in [1.29, 1.82) is 0 Å². The van der Waals surface area contributed by atoms with Crippen LogP contribution in [0.25, 0.3) is 0 Å². The molecule has 3 heteroatoms. The molecular weight excluding hydrogens is 272 g/mol. The summed E-state index contributed by atoms with van der Waals surface area (Å²) in [5.74, 6) is 0. The van der Waals surface area contributed by atoms with Crippen molar-refractivity contribution in [3.8, 4) is 0 Å². The lowest BCUT2D eigenvalue weighted by Gasteiger charge is -2.12. The van der Waals surface area contributed by atoms with Crippen LogP contribution >= 0.6 is 0 Å². The van der Waals surface area contributed by atoms with Crippen LogP contribution in [0.3, 0.4) is 0 Å². The summed E-state index contributed by atoms with van der Waals surface area (Å²) in [6.07, 6.45) is 4.16. The minimum Gasteiger partial charge on any atom is -0.341 e. The highest BCUT2D eigenvalue weighted by atomic mass is 16.2. The van der Waals surface area contributed by atoms with Gasteiger partial charge in [-0.25, -0.2) is 4.79 Å². The van der Waals surface area contributed by atoms with E-state index >= 15 is 0 Å². The number of benzene rings is 1. The molecule has 22 heavy (non-hydrogen) atoms. The van der Waals surface area contributed by atoms with Crippen LogP contribution in [-0.2, 0) is 6.42 Å². The number of hydrogen-bond acceptors (Lipinski definition) is 1. The standard InChI is InChI=1S/C9H10.C6H14.C4H10N2O/c1-2-6-9-7-4-3-5-8-9;1-5-6(2,3)4;1-5-4(7)6(2)3/h2-5,7-8H,1,6H2;5H2,1-4H3;1-3H3,(H,5,7). The van der Waals surface area contributed by atoms with Crippen molar-refractivity contribution in [2.45, 2.75) is 40.5 Å². The first-order valence-electron chi connectivity index (χ1n) is 7.71. The number of nitrogens with zero attached hydrogens (tertiary/aromatic N) is 1. The summed E-state index contributed by atoms with van der Waals surface area (Å²) < 4.78 is 0. The molecule has 2 amide bonds. The SMILES string of the molecule is C=CCc1ccccc1.CCC(C)(C)C.CNC(=O)N(C)C. The second-order valence-electron chi connectivity index (χ2n) is 6.34. The number of hydrogen-bond donors (Lipinski definition) is 1. The van der Waals surface area contributed by atoms with Crippen LogP contribution in [0, 0.1) is 5.41 Å². The first-order valence-corrected chi connectivity index (χ1v) is 7.71. The summed E-state index contributed by atoms with van der Waals surface area (Å²) in [5, 5.41) is 2.45. The maximum atomic E-state index is 10.3. The van der Waals surface area contributed by atoms with E-state index in [1.54, 1.807) is 21.1 Å². The normalized spacial score (nSPS) is 9.41. The lowest BCUT2D eigenvalue weighted by atomic mass is 9.94. The van der Waals surface area contributed by atoms with E-state index in [1.165, 1.54) is 16.9 Å². The van der Waals surface area contributed by atoms with Gasteiger partial charge in [0.1, 0.15) is 0 Å². The van der Waals surface area contributed by atoms with Crippen LogP contribution in [0.15, 0.2) is 43.0 Å². The van der Waals surface area contributed by atoms with Gasteiger partial charge < -0.3 is 10.2 Å². The highest BCUT2D eigenvalue weighted by molar-refractivity contribution is 5.72. The number of amides is 2. The van der Waals surface area contributed by atoms with E-state index in [0.717, 1.165) is 6.42 Å². The number of carbonyl (C=O) groups is 1. The van der Waals surface area contributed by atoms with Gasteiger partial charge >= 0.3 is 6.03 Å². The molecule has 0 radical (unpaired) electrons. The van der Waals surface area contributed by atoms with Gasteiger partial charge in [-0.1, -0.05) is 70.5 Å². The molecule has 1 aromatic rings. The Hall–Kier alpha value is -1.77. The fourth-order valence-electron chi connectivity index (χ4n) is 1.00. The zero-order valence-corrected chi connectivity index (χ0v) is 15.4. The first-order chi connectivity index (χ1) is 10.2. The molecule has 0 saturated heterocycles. The first kappa shape index (κ1) is 22.5. The highest BCUT2D eigenvalue weighted by Crippen LogP contribution is 2.16. The van der Waals surface area contributed by atoms with Crippen molar-refractivity contribution in [2.24, 2.45) is 5.41 Å². The molecule has 0 saturated carbocycles. The van der Waals surface area contributed by atoms with Gasteiger partial charge in [-0.2, -0.15) is 0 Å². The van der Waals surface area contributed by atoms with E-state index in [-0.39, 0.29) is 6.03 Å². The molecule has 1 N–H and O–H groups in total. The monoisotopic (exact) mass is 306 g/mol. The molecule has 3 nitrogen and oxygen atoms in total. The van der Waals surface area contributed by atoms with Gasteiger partial charge in [-0.3, -0.25) is 0 Å². The Balaban J connectivity index is 0. The Morgan fingerprint density at radius 1 is 1.23 bits per heavy atom. The predicted molar refractivity (Wildman–Crippen MR) is 98.2 cm³/mol. The quantitative estimate of drug-likeness (QED) is 0.786. The van der Waals surface area contributed by atoms with E-state index < -0.39 is 0 Å². The molecule has 0 aliphatic rings. The Labute approximate surface area is 137 Å². The van der Waals surface area contributed by atoms with Gasteiger partial charge in [-0.15, -0.1) is 6.58 Å². The molecule has 0 aliphatic carbocycles. The number of carbonyl (C=O) groups excluding carboxylic acids is 1. The molecule has 126 valence electrons. The zero-order chi connectivity index (χ0) is 17.6. The largest absolute Gasteiger partial charge is 0.341 e. The Morgan fingerprint density at radius 2 is 1.68 bits per heavy atom. The van der Waals surface area contributed by atoms with Crippen LogP contribution in [0.1, 0.15) is 39.7 Å². The minimum atomic E-state index is -0.0694. The van der Waals surface area contributed by atoms with Crippen LogP contribution in [0.5, 0.6) is 0 Å². The van der Waals surface area contributed by atoms with E-state index in [1.807, 2.05) is 24.3 Å². The maximum absolute atomic E-state index is 10.3. The third-order valence-corrected chi connectivity index (χ3v) is 2.90. The average molecular weight is 306 g/mol. The van der Waals surface area contributed by atoms with Gasteiger partial charge in [-0.05, 0) is 17.4 Å². The topological polar surface area (TPSA) is 32.3 Å². The Bertz CT molecular complexity index is 392. The molecule has 0 aliphatic heterocycles. The molecule has 0 fully saturated rings. The minimum absolute atomic E-state index is 0.0694. The Morgan fingerprint density at radius 3 is 1.91 bits per heavy atom. The van der Waals surface area contributed by atoms with E-state index in [4.69, 9.17) is 0 Å². The van der Waals surface area contributed by atoms with Gasteiger partial charge in [0.2, 0.25) is 0 Å². The fourth-order valence-corrected chi connectivity index (χ4v) is 1.00. The molecule has 0 atom stereocenters. The highest BCUT2D eigenvalue weighted by Gasteiger charge is 2.03. The van der Waals surface area contributed by atoms with Crippen molar-refractivity contribution < 1.29 is 4.79 Å². The van der Waals surface area contributed by atoms with Crippen molar-refractivity contribution in [3.63, 3.8) is 0 Å². The van der Waals surface area contributed by atoms with Gasteiger partial charge in [0, 0.05) is 21.1 Å². The number of urea groups is 1. The van der Waals surface area contributed by atoms with Crippen LogP contribution in [0.2, 0.25) is 0 Å².